The molecule has 2 heteroatoms. The van der Waals surface area contributed by atoms with Gasteiger partial charge in [0.25, 0.3) is 0 Å². The Morgan fingerprint density at radius 1 is 0.938 bits per heavy atom. The molecule has 2 heterocycles. The van der Waals surface area contributed by atoms with Gasteiger partial charge < -0.3 is 9.80 Å². The molecule has 0 radical (unpaired) electrons. The molecule has 0 aromatic heterocycles. The zero-order chi connectivity index (χ0) is 12.2. The summed E-state index contributed by atoms with van der Waals surface area (Å²) in [5.74, 6) is 0. The number of piperidine rings is 1. The van der Waals surface area contributed by atoms with Crippen LogP contribution in [0.1, 0.15) is 47.0 Å². The van der Waals surface area contributed by atoms with E-state index in [1.165, 1.54) is 45.4 Å². The molecule has 0 aromatic carbocycles. The molecule has 0 unspecified atom stereocenters. The molecule has 0 saturated carbocycles. The van der Waals surface area contributed by atoms with Crippen LogP contribution in [0, 0.1) is 5.41 Å². The fourth-order valence-corrected chi connectivity index (χ4v) is 3.08. The number of rotatable bonds is 1. The van der Waals surface area contributed by atoms with E-state index in [-0.39, 0.29) is 0 Å². The van der Waals surface area contributed by atoms with Gasteiger partial charge in [0.1, 0.15) is 0 Å². The van der Waals surface area contributed by atoms with Crippen molar-refractivity contribution in [2.24, 2.45) is 5.41 Å². The molecule has 2 aliphatic heterocycles. The highest BCUT2D eigenvalue weighted by Crippen LogP contribution is 2.39. The van der Waals surface area contributed by atoms with Crippen LogP contribution in [0.5, 0.6) is 0 Å². The van der Waals surface area contributed by atoms with Crippen molar-refractivity contribution in [1.29, 1.82) is 0 Å². The highest BCUT2D eigenvalue weighted by molar-refractivity contribution is 4.93. The Hall–Kier alpha value is -0.0800. The van der Waals surface area contributed by atoms with Crippen LogP contribution < -0.4 is 0 Å². The SMILES string of the molecule is CC.CC(C)N1CCC2(CCN(C)C2)CC1. The van der Waals surface area contributed by atoms with Crippen molar-refractivity contribution in [1.82, 2.24) is 9.80 Å². The van der Waals surface area contributed by atoms with Crippen molar-refractivity contribution < 1.29 is 0 Å². The van der Waals surface area contributed by atoms with Gasteiger partial charge >= 0.3 is 0 Å². The molecule has 2 fully saturated rings. The van der Waals surface area contributed by atoms with Gasteiger partial charge in [-0.3, -0.25) is 0 Å². The summed E-state index contributed by atoms with van der Waals surface area (Å²) >= 11 is 0. The Labute approximate surface area is 102 Å². The van der Waals surface area contributed by atoms with E-state index in [0.717, 1.165) is 6.04 Å². The molecule has 0 N–H and O–H groups in total. The van der Waals surface area contributed by atoms with E-state index in [2.05, 4.69) is 30.7 Å². The summed E-state index contributed by atoms with van der Waals surface area (Å²) in [5.41, 5.74) is 0.695. The Morgan fingerprint density at radius 2 is 1.44 bits per heavy atom. The predicted octanol–water partition coefficient (Wildman–Crippen LogP) is 2.84. The van der Waals surface area contributed by atoms with Crippen molar-refractivity contribution in [3.05, 3.63) is 0 Å². The minimum Gasteiger partial charge on any atom is -0.306 e. The first-order valence-corrected chi connectivity index (χ1v) is 7.04. The number of hydrogen-bond donors (Lipinski definition) is 0. The lowest BCUT2D eigenvalue weighted by Gasteiger charge is -2.41. The molecule has 0 atom stereocenters. The first-order chi connectivity index (χ1) is 7.61. The maximum Gasteiger partial charge on any atom is 0.00385 e. The topological polar surface area (TPSA) is 6.48 Å². The van der Waals surface area contributed by atoms with Crippen LogP contribution in [-0.4, -0.2) is 49.1 Å². The molecule has 96 valence electrons. The monoisotopic (exact) mass is 226 g/mol. The van der Waals surface area contributed by atoms with E-state index in [0.29, 0.717) is 5.41 Å². The minimum atomic E-state index is 0.695. The fourth-order valence-electron chi connectivity index (χ4n) is 3.08. The second-order valence-electron chi connectivity index (χ2n) is 5.62. The van der Waals surface area contributed by atoms with Gasteiger partial charge in [-0.25, -0.2) is 0 Å². The summed E-state index contributed by atoms with van der Waals surface area (Å²) in [6, 6.07) is 0.742. The Morgan fingerprint density at radius 3 is 1.81 bits per heavy atom. The minimum absolute atomic E-state index is 0.695. The Bertz CT molecular complexity index is 193. The zero-order valence-corrected chi connectivity index (χ0v) is 11.9. The molecule has 2 rings (SSSR count). The van der Waals surface area contributed by atoms with Gasteiger partial charge in [0.2, 0.25) is 0 Å². The van der Waals surface area contributed by atoms with Crippen molar-refractivity contribution in [3.63, 3.8) is 0 Å². The van der Waals surface area contributed by atoms with Crippen LogP contribution in [0.25, 0.3) is 0 Å². The van der Waals surface area contributed by atoms with Gasteiger partial charge in [-0.05, 0) is 65.2 Å². The van der Waals surface area contributed by atoms with E-state index in [4.69, 9.17) is 0 Å². The molecule has 16 heavy (non-hydrogen) atoms. The van der Waals surface area contributed by atoms with Gasteiger partial charge in [0, 0.05) is 12.6 Å². The molecule has 2 aliphatic rings. The first-order valence-electron chi connectivity index (χ1n) is 7.04. The van der Waals surface area contributed by atoms with Crippen LogP contribution >= 0.6 is 0 Å². The molecular formula is C14H30N2. The molecule has 0 amide bonds. The maximum atomic E-state index is 2.63. The third-order valence-corrected chi connectivity index (χ3v) is 4.22. The van der Waals surface area contributed by atoms with Gasteiger partial charge in [-0.1, -0.05) is 13.8 Å². The van der Waals surface area contributed by atoms with Crippen molar-refractivity contribution in [2.75, 3.05) is 33.2 Å². The summed E-state index contributed by atoms with van der Waals surface area (Å²) in [4.78, 5) is 5.13. The molecule has 2 nitrogen and oxygen atoms in total. The van der Waals surface area contributed by atoms with Crippen LogP contribution in [-0.2, 0) is 0 Å². The second-order valence-corrected chi connectivity index (χ2v) is 5.62. The smallest absolute Gasteiger partial charge is 0.00385 e. The zero-order valence-electron chi connectivity index (χ0n) is 11.9. The van der Waals surface area contributed by atoms with E-state index in [1.807, 2.05) is 13.8 Å². The average molecular weight is 226 g/mol. The highest BCUT2D eigenvalue weighted by Gasteiger charge is 2.39. The van der Waals surface area contributed by atoms with Gasteiger partial charge in [-0.15, -0.1) is 0 Å². The van der Waals surface area contributed by atoms with Crippen LogP contribution in [0.3, 0.4) is 0 Å². The standard InChI is InChI=1S/C12H24N2.C2H6/c1-11(2)14-8-5-12(6-9-14)4-7-13(3)10-12;1-2/h11H,4-10H2,1-3H3;1-2H3. The van der Waals surface area contributed by atoms with Crippen molar-refractivity contribution >= 4 is 0 Å². The summed E-state index contributed by atoms with van der Waals surface area (Å²) in [7, 11) is 2.27. The van der Waals surface area contributed by atoms with Crippen molar-refractivity contribution in [2.45, 2.75) is 53.0 Å². The largest absolute Gasteiger partial charge is 0.306 e. The third kappa shape index (κ3) is 3.21. The average Bonchev–Trinajstić information content (AvgIpc) is 2.64. The lowest BCUT2D eigenvalue weighted by molar-refractivity contribution is 0.0892. The maximum absolute atomic E-state index is 2.63. The molecule has 0 aromatic rings. The summed E-state index contributed by atoms with van der Waals surface area (Å²) < 4.78 is 0. The predicted molar refractivity (Wildman–Crippen MR) is 71.8 cm³/mol. The van der Waals surface area contributed by atoms with Gasteiger partial charge in [-0.2, -0.15) is 0 Å². The van der Waals surface area contributed by atoms with E-state index in [1.54, 1.807) is 0 Å². The van der Waals surface area contributed by atoms with E-state index in [9.17, 15) is 0 Å². The molecule has 2 saturated heterocycles. The summed E-state index contributed by atoms with van der Waals surface area (Å²) in [6.45, 7) is 14.0. The van der Waals surface area contributed by atoms with E-state index >= 15 is 0 Å². The third-order valence-electron chi connectivity index (χ3n) is 4.22. The van der Waals surface area contributed by atoms with Crippen LogP contribution in [0.2, 0.25) is 0 Å². The number of likely N-dealkylation sites (tertiary alicyclic amines) is 2. The number of hydrogen-bond acceptors (Lipinski definition) is 2. The van der Waals surface area contributed by atoms with E-state index < -0.39 is 0 Å². The molecule has 0 bridgehead atoms. The second kappa shape index (κ2) is 6.02. The summed E-state index contributed by atoms with van der Waals surface area (Å²) in [5, 5.41) is 0. The van der Waals surface area contributed by atoms with Gasteiger partial charge in [0.05, 0.1) is 0 Å². The summed E-state index contributed by atoms with van der Waals surface area (Å²) in [6.07, 6.45) is 4.29. The Balaban J connectivity index is 0.000000606. The molecule has 0 aliphatic carbocycles. The fraction of sp³-hybridized carbons (Fsp3) is 1.00. The lowest BCUT2D eigenvalue weighted by atomic mass is 9.77. The lowest BCUT2D eigenvalue weighted by Crippen LogP contribution is -2.44. The van der Waals surface area contributed by atoms with Crippen LogP contribution in [0.15, 0.2) is 0 Å². The normalized spacial score (nSPS) is 25.9. The van der Waals surface area contributed by atoms with Gasteiger partial charge in [0.15, 0.2) is 0 Å². The first kappa shape index (κ1) is 14.0. The number of nitrogens with zero attached hydrogens (tertiary/aromatic N) is 2. The molecular weight excluding hydrogens is 196 g/mol. The van der Waals surface area contributed by atoms with Crippen LogP contribution in [0.4, 0.5) is 0 Å². The highest BCUT2D eigenvalue weighted by atomic mass is 15.2. The Kier molecular flexibility index (Phi) is 5.26. The van der Waals surface area contributed by atoms with Crippen molar-refractivity contribution in [3.8, 4) is 0 Å². The molecule has 1 spiro atoms. The quantitative estimate of drug-likeness (QED) is 0.678.